The van der Waals surface area contributed by atoms with Gasteiger partial charge in [-0.1, -0.05) is 86.8 Å². The first kappa shape index (κ1) is 35.3. The zero-order valence-corrected chi connectivity index (χ0v) is 29.2. The molecular weight excluding hydrogens is 659 g/mol. The number of hydrogen-bond acceptors (Lipinski definition) is 8. The zero-order chi connectivity index (χ0) is 35.4. The van der Waals surface area contributed by atoms with Crippen LogP contribution in [0.1, 0.15) is 70.6 Å². The highest BCUT2D eigenvalue weighted by Crippen LogP contribution is 2.45. The van der Waals surface area contributed by atoms with Gasteiger partial charge in [0.2, 0.25) is 0 Å². The van der Waals surface area contributed by atoms with Gasteiger partial charge in [-0.3, -0.25) is 4.99 Å². The number of thiophene rings is 1. The summed E-state index contributed by atoms with van der Waals surface area (Å²) in [7, 11) is 0. The smallest absolute Gasteiger partial charge is 0.343 e. The number of nitrogens with zero attached hydrogens (tertiary/aromatic N) is 1. The van der Waals surface area contributed by atoms with Crippen LogP contribution in [0.2, 0.25) is 0 Å². The van der Waals surface area contributed by atoms with E-state index in [4.69, 9.17) is 14.2 Å². The second-order valence-corrected chi connectivity index (χ2v) is 13.0. The van der Waals surface area contributed by atoms with E-state index < -0.39 is 18.0 Å². The molecule has 1 N–H and O–H groups in total. The van der Waals surface area contributed by atoms with Crippen LogP contribution in [0.15, 0.2) is 132 Å². The van der Waals surface area contributed by atoms with E-state index in [1.807, 2.05) is 60.7 Å². The topological polar surface area (TPSA) is 94.4 Å². The Morgan fingerprint density at radius 2 is 1.37 bits per heavy atom. The monoisotopic (exact) mass is 697 g/mol. The van der Waals surface area contributed by atoms with E-state index in [0.717, 1.165) is 33.5 Å². The Morgan fingerprint density at radius 1 is 0.725 bits per heavy atom. The van der Waals surface area contributed by atoms with Crippen LogP contribution in [0.5, 0.6) is 17.2 Å². The number of carbonyl (C=O) groups is 2. The summed E-state index contributed by atoms with van der Waals surface area (Å²) in [6, 6.07) is 37.7. The SMILES string of the molecule is CCCCCCN=CCOc1ccc(C(O)c2c(-c3cccc(OC(=O)c4ccccc4)c3)sc3cc(OC(=O)c4ccccc4)ccc23)cc1. The lowest BCUT2D eigenvalue weighted by molar-refractivity contribution is 0.0725. The summed E-state index contributed by atoms with van der Waals surface area (Å²) < 4.78 is 18.1. The first-order valence-electron chi connectivity index (χ1n) is 17.1. The molecule has 258 valence electrons. The molecule has 1 heterocycles. The molecule has 0 saturated heterocycles. The molecule has 0 aliphatic carbocycles. The van der Waals surface area contributed by atoms with Gasteiger partial charge in [0.25, 0.3) is 0 Å². The number of ether oxygens (including phenoxy) is 3. The number of rotatable bonds is 15. The fraction of sp³-hybridized carbons (Fsp3) is 0.186. The van der Waals surface area contributed by atoms with Crippen LogP contribution >= 0.6 is 11.3 Å². The number of aliphatic imine (C=N–C) groups is 1. The summed E-state index contributed by atoms with van der Waals surface area (Å²) >= 11 is 1.45. The Hall–Kier alpha value is -5.57. The van der Waals surface area contributed by atoms with E-state index in [9.17, 15) is 14.7 Å². The lowest BCUT2D eigenvalue weighted by atomic mass is 9.96. The van der Waals surface area contributed by atoms with Crippen molar-refractivity contribution in [1.82, 2.24) is 0 Å². The van der Waals surface area contributed by atoms with Gasteiger partial charge in [-0.2, -0.15) is 0 Å². The fourth-order valence-corrected chi connectivity index (χ4v) is 6.91. The number of unbranched alkanes of at least 4 members (excludes halogenated alkanes) is 3. The molecule has 8 heteroatoms. The van der Waals surface area contributed by atoms with Gasteiger partial charge in [0.15, 0.2) is 0 Å². The Balaban J connectivity index is 1.27. The molecular formula is C43H39NO6S. The molecule has 1 aromatic heterocycles. The van der Waals surface area contributed by atoms with Crippen molar-refractivity contribution in [1.29, 1.82) is 0 Å². The maximum Gasteiger partial charge on any atom is 0.343 e. The van der Waals surface area contributed by atoms with Crippen molar-refractivity contribution in [3.63, 3.8) is 0 Å². The highest BCUT2D eigenvalue weighted by Gasteiger charge is 2.23. The normalized spacial score (nSPS) is 11.8. The maximum atomic E-state index is 12.8. The first-order valence-corrected chi connectivity index (χ1v) is 17.9. The summed E-state index contributed by atoms with van der Waals surface area (Å²) in [5, 5.41) is 12.8. The molecule has 1 unspecified atom stereocenters. The third-order valence-electron chi connectivity index (χ3n) is 8.30. The number of aliphatic hydroxyl groups excluding tert-OH is 1. The Bertz CT molecular complexity index is 2090. The first-order chi connectivity index (χ1) is 25.0. The van der Waals surface area contributed by atoms with E-state index in [1.54, 1.807) is 72.9 Å². The standard InChI is InChI=1S/C43H39NO6S/c1-2-3-4-11-25-44-26-27-48-34-21-19-30(20-22-34)40(45)39-37-24-23-36(50-43(47)32-15-9-6-10-16-32)29-38(37)51-41(39)33-17-12-18-35(28-33)49-42(46)31-13-7-5-8-14-31/h5-10,12-24,26,28-29,40,45H,2-4,11,25,27H2,1H3. The van der Waals surface area contributed by atoms with Crippen molar-refractivity contribution >= 4 is 39.6 Å². The molecule has 0 spiro atoms. The molecule has 6 rings (SSSR count). The van der Waals surface area contributed by atoms with E-state index in [0.29, 0.717) is 46.1 Å². The van der Waals surface area contributed by atoms with Crippen LogP contribution in [-0.2, 0) is 0 Å². The lowest BCUT2D eigenvalue weighted by Crippen LogP contribution is -2.08. The van der Waals surface area contributed by atoms with Crippen molar-refractivity contribution < 1.29 is 28.9 Å². The van der Waals surface area contributed by atoms with Gasteiger partial charge in [-0.15, -0.1) is 11.3 Å². The largest absolute Gasteiger partial charge is 0.488 e. The van der Waals surface area contributed by atoms with Crippen molar-refractivity contribution in [3.8, 4) is 27.7 Å². The minimum absolute atomic E-state index is 0.372. The number of aliphatic hydroxyl groups is 1. The zero-order valence-electron chi connectivity index (χ0n) is 28.4. The molecule has 51 heavy (non-hydrogen) atoms. The summed E-state index contributed by atoms with van der Waals surface area (Å²) in [5.74, 6) is 0.524. The predicted octanol–water partition coefficient (Wildman–Crippen LogP) is 10.1. The molecule has 0 aliphatic rings. The van der Waals surface area contributed by atoms with Crippen LogP contribution in [0.4, 0.5) is 0 Å². The lowest BCUT2D eigenvalue weighted by Gasteiger charge is -2.15. The summed E-state index contributed by atoms with van der Waals surface area (Å²) in [4.78, 5) is 30.9. The van der Waals surface area contributed by atoms with E-state index >= 15 is 0 Å². The van der Waals surface area contributed by atoms with E-state index in [2.05, 4.69) is 11.9 Å². The average molecular weight is 698 g/mol. The molecule has 0 aliphatic heterocycles. The maximum absolute atomic E-state index is 12.8. The summed E-state index contributed by atoms with van der Waals surface area (Å²) in [5.41, 5.74) is 3.02. The summed E-state index contributed by atoms with van der Waals surface area (Å²) in [6.45, 7) is 3.37. The van der Waals surface area contributed by atoms with Crippen molar-refractivity contribution in [2.75, 3.05) is 13.2 Å². The van der Waals surface area contributed by atoms with Crippen molar-refractivity contribution in [2.45, 2.75) is 38.7 Å². The predicted molar refractivity (Wildman–Crippen MR) is 204 cm³/mol. The molecule has 0 bridgehead atoms. The Kier molecular flexibility index (Phi) is 12.0. The van der Waals surface area contributed by atoms with Gasteiger partial charge in [0.1, 0.15) is 30.0 Å². The summed E-state index contributed by atoms with van der Waals surface area (Å²) in [6.07, 6.45) is 5.51. The van der Waals surface area contributed by atoms with Gasteiger partial charge < -0.3 is 19.3 Å². The Morgan fingerprint density at radius 3 is 2.04 bits per heavy atom. The van der Waals surface area contributed by atoms with Crippen molar-refractivity contribution in [2.24, 2.45) is 4.99 Å². The molecule has 6 aromatic rings. The van der Waals surface area contributed by atoms with Gasteiger partial charge in [-0.05, 0) is 89.7 Å². The molecule has 0 saturated carbocycles. The van der Waals surface area contributed by atoms with Crippen LogP contribution in [0.3, 0.4) is 0 Å². The third-order valence-corrected chi connectivity index (χ3v) is 9.52. The molecule has 0 fully saturated rings. The average Bonchev–Trinajstić information content (AvgIpc) is 3.55. The van der Waals surface area contributed by atoms with Crippen LogP contribution in [-0.4, -0.2) is 36.4 Å². The number of esters is 2. The number of hydrogen-bond donors (Lipinski definition) is 1. The molecule has 0 amide bonds. The van der Waals surface area contributed by atoms with Gasteiger partial charge >= 0.3 is 11.9 Å². The minimum Gasteiger partial charge on any atom is -0.488 e. The molecule has 1 atom stereocenters. The fourth-order valence-electron chi connectivity index (χ4n) is 5.65. The van der Waals surface area contributed by atoms with Crippen LogP contribution in [0, 0.1) is 0 Å². The Labute approximate surface area is 301 Å². The number of carbonyl (C=O) groups excluding carboxylic acids is 2. The van der Waals surface area contributed by atoms with Crippen LogP contribution < -0.4 is 14.2 Å². The number of fused-ring (bicyclic) bond motifs is 1. The molecule has 5 aromatic carbocycles. The minimum atomic E-state index is -0.999. The van der Waals surface area contributed by atoms with Gasteiger partial charge in [-0.25, -0.2) is 9.59 Å². The molecule has 7 nitrogen and oxygen atoms in total. The third kappa shape index (κ3) is 9.16. The van der Waals surface area contributed by atoms with E-state index in [1.165, 1.54) is 30.6 Å². The van der Waals surface area contributed by atoms with E-state index in [-0.39, 0.29) is 0 Å². The second kappa shape index (κ2) is 17.4. The highest BCUT2D eigenvalue weighted by atomic mass is 32.1. The molecule has 0 radical (unpaired) electrons. The quantitative estimate of drug-likeness (QED) is 0.0497. The second-order valence-electron chi connectivity index (χ2n) is 12.0. The van der Waals surface area contributed by atoms with Gasteiger partial charge in [0, 0.05) is 27.9 Å². The number of benzene rings is 5. The van der Waals surface area contributed by atoms with Crippen LogP contribution in [0.25, 0.3) is 20.5 Å². The highest BCUT2D eigenvalue weighted by molar-refractivity contribution is 7.22. The van der Waals surface area contributed by atoms with Crippen molar-refractivity contribution in [3.05, 3.63) is 150 Å². The van der Waals surface area contributed by atoms with Gasteiger partial charge in [0.05, 0.1) is 11.1 Å².